The minimum absolute atomic E-state index is 0.0866. The highest BCUT2D eigenvalue weighted by Gasteiger charge is 2.07. The number of sulfonamides is 1. The van der Waals surface area contributed by atoms with Gasteiger partial charge in [0, 0.05) is 15.7 Å². The summed E-state index contributed by atoms with van der Waals surface area (Å²) < 4.78 is 29.3. The Bertz CT molecular complexity index is 933. The predicted molar refractivity (Wildman–Crippen MR) is 97.0 cm³/mol. The largest absolute Gasteiger partial charge is 0.459 e. The van der Waals surface area contributed by atoms with Crippen molar-refractivity contribution >= 4 is 31.6 Å². The normalized spacial score (nSPS) is 11.4. The Hall–Kier alpha value is -2.09. The minimum atomic E-state index is -3.67. The van der Waals surface area contributed by atoms with Crippen molar-refractivity contribution in [3.05, 3.63) is 70.9 Å². The van der Waals surface area contributed by atoms with Crippen LogP contribution in [-0.4, -0.2) is 8.42 Å². The molecule has 1 heterocycles. The van der Waals surface area contributed by atoms with Crippen molar-refractivity contribution in [2.75, 3.05) is 5.32 Å². The molecule has 3 N–H and O–H groups in total. The number of furan rings is 1. The molecule has 0 saturated heterocycles. The van der Waals surface area contributed by atoms with Gasteiger partial charge in [0.25, 0.3) is 0 Å². The average Bonchev–Trinajstić information content (AvgIpc) is 3.02. The Morgan fingerprint density at radius 2 is 1.62 bits per heavy atom. The first-order chi connectivity index (χ1) is 11.4. The van der Waals surface area contributed by atoms with E-state index in [1.54, 1.807) is 12.1 Å². The number of hydrogen-bond acceptors (Lipinski definition) is 4. The van der Waals surface area contributed by atoms with Crippen molar-refractivity contribution < 1.29 is 12.8 Å². The van der Waals surface area contributed by atoms with Gasteiger partial charge in [-0.15, -0.1) is 0 Å². The molecule has 0 aliphatic rings. The van der Waals surface area contributed by atoms with Crippen molar-refractivity contribution in [1.29, 1.82) is 0 Å². The molecule has 24 heavy (non-hydrogen) atoms. The molecule has 0 atom stereocenters. The molecule has 5 nitrogen and oxygen atoms in total. The third kappa shape index (κ3) is 4.05. The maximum atomic E-state index is 11.2. The van der Waals surface area contributed by atoms with Gasteiger partial charge in [-0.05, 0) is 48.5 Å². The van der Waals surface area contributed by atoms with Crippen LogP contribution < -0.4 is 10.5 Å². The molecule has 3 aromatic rings. The second-order valence-electron chi connectivity index (χ2n) is 5.20. The van der Waals surface area contributed by atoms with Gasteiger partial charge in [-0.3, -0.25) is 0 Å². The fraction of sp³-hybridized carbons (Fsp3) is 0.0588. The maximum Gasteiger partial charge on any atom is 0.238 e. The minimum Gasteiger partial charge on any atom is -0.459 e. The molecule has 0 fully saturated rings. The fourth-order valence-electron chi connectivity index (χ4n) is 2.19. The topological polar surface area (TPSA) is 85.3 Å². The predicted octanol–water partition coefficient (Wildman–Crippen LogP) is 3.97. The van der Waals surface area contributed by atoms with Gasteiger partial charge in [0.2, 0.25) is 10.0 Å². The smallest absolute Gasteiger partial charge is 0.238 e. The highest BCUT2D eigenvalue weighted by Crippen LogP contribution is 2.24. The molecule has 124 valence electrons. The van der Waals surface area contributed by atoms with Crippen LogP contribution in [0.4, 0.5) is 5.69 Å². The van der Waals surface area contributed by atoms with Crippen LogP contribution in [0.3, 0.4) is 0 Å². The number of hydrogen-bond donors (Lipinski definition) is 2. The second kappa shape index (κ2) is 6.80. The number of rotatable bonds is 5. The van der Waals surface area contributed by atoms with E-state index in [2.05, 4.69) is 21.2 Å². The molecule has 0 bridgehead atoms. The Morgan fingerprint density at radius 1 is 0.958 bits per heavy atom. The molecular formula is C17H15BrN2O3S. The van der Waals surface area contributed by atoms with E-state index < -0.39 is 10.0 Å². The Labute approximate surface area is 148 Å². The molecule has 0 aliphatic carbocycles. The van der Waals surface area contributed by atoms with Crippen molar-refractivity contribution in [3.63, 3.8) is 0 Å². The molecule has 0 aliphatic heterocycles. The summed E-state index contributed by atoms with van der Waals surface area (Å²) in [7, 11) is -3.67. The van der Waals surface area contributed by atoms with Gasteiger partial charge >= 0.3 is 0 Å². The zero-order valence-corrected chi connectivity index (χ0v) is 15.0. The highest BCUT2D eigenvalue weighted by molar-refractivity contribution is 9.10. The lowest BCUT2D eigenvalue weighted by molar-refractivity contribution is 0.531. The van der Waals surface area contributed by atoms with Crippen molar-refractivity contribution in [2.24, 2.45) is 5.14 Å². The maximum absolute atomic E-state index is 11.2. The lowest BCUT2D eigenvalue weighted by Crippen LogP contribution is -2.11. The van der Waals surface area contributed by atoms with Crippen LogP contribution in [0.15, 0.2) is 74.4 Å². The third-order valence-corrected chi connectivity index (χ3v) is 4.90. The van der Waals surface area contributed by atoms with Crippen LogP contribution in [0.1, 0.15) is 5.76 Å². The van der Waals surface area contributed by atoms with Crippen molar-refractivity contribution in [1.82, 2.24) is 0 Å². The second-order valence-corrected chi connectivity index (χ2v) is 7.67. The Balaban J connectivity index is 1.66. The van der Waals surface area contributed by atoms with Gasteiger partial charge in [-0.25, -0.2) is 13.6 Å². The number of anilines is 1. The molecule has 0 saturated carbocycles. The molecule has 0 amide bonds. The quantitative estimate of drug-likeness (QED) is 0.670. The molecule has 2 aromatic carbocycles. The Kier molecular flexibility index (Phi) is 4.75. The zero-order valence-electron chi connectivity index (χ0n) is 12.6. The number of halogens is 1. The number of primary sulfonamides is 1. The zero-order chi connectivity index (χ0) is 17.2. The van der Waals surface area contributed by atoms with E-state index in [4.69, 9.17) is 9.56 Å². The monoisotopic (exact) mass is 406 g/mol. The lowest BCUT2D eigenvalue weighted by Gasteiger charge is -2.05. The first-order valence-corrected chi connectivity index (χ1v) is 9.47. The Morgan fingerprint density at radius 3 is 2.25 bits per heavy atom. The summed E-state index contributed by atoms with van der Waals surface area (Å²) in [6.07, 6.45) is 0. The van der Waals surface area contributed by atoms with E-state index in [1.165, 1.54) is 12.1 Å². The van der Waals surface area contributed by atoms with Gasteiger partial charge in [0.05, 0.1) is 11.4 Å². The molecule has 0 unspecified atom stereocenters. The van der Waals surface area contributed by atoms with E-state index in [9.17, 15) is 8.42 Å². The summed E-state index contributed by atoms with van der Waals surface area (Å²) in [4.78, 5) is 0.0866. The van der Waals surface area contributed by atoms with E-state index in [1.807, 2.05) is 36.4 Å². The van der Waals surface area contributed by atoms with Crippen molar-refractivity contribution in [3.8, 4) is 11.3 Å². The molecule has 7 heteroatoms. The lowest BCUT2D eigenvalue weighted by atomic mass is 10.2. The van der Waals surface area contributed by atoms with E-state index in [0.717, 1.165) is 27.2 Å². The summed E-state index contributed by atoms with van der Waals surface area (Å²) >= 11 is 3.41. The summed E-state index contributed by atoms with van der Waals surface area (Å²) in [5.41, 5.74) is 1.78. The number of nitrogens with two attached hydrogens (primary N) is 1. The number of nitrogens with one attached hydrogen (secondary N) is 1. The van der Waals surface area contributed by atoms with Gasteiger partial charge < -0.3 is 9.73 Å². The fourth-order valence-corrected chi connectivity index (χ4v) is 2.97. The molecule has 3 rings (SSSR count). The summed E-state index contributed by atoms with van der Waals surface area (Å²) in [5.74, 6) is 1.58. The summed E-state index contributed by atoms with van der Waals surface area (Å²) in [6, 6.07) is 18.0. The van der Waals surface area contributed by atoms with Crippen molar-refractivity contribution in [2.45, 2.75) is 11.4 Å². The summed E-state index contributed by atoms with van der Waals surface area (Å²) in [6.45, 7) is 0.491. The van der Waals surface area contributed by atoms with Crippen LogP contribution in [0.25, 0.3) is 11.3 Å². The van der Waals surface area contributed by atoms with Crippen LogP contribution >= 0.6 is 15.9 Å². The average molecular weight is 407 g/mol. The molecule has 0 radical (unpaired) electrons. The standard InChI is InChI=1S/C17H15BrN2O3S/c18-13-3-1-12(2-4-13)17-10-7-15(23-17)11-20-14-5-8-16(9-6-14)24(19,21)22/h1-10,20H,11H2,(H2,19,21,22). The first kappa shape index (κ1) is 16.8. The number of benzene rings is 2. The third-order valence-electron chi connectivity index (χ3n) is 3.44. The van der Waals surface area contributed by atoms with Crippen LogP contribution in [0.2, 0.25) is 0 Å². The van der Waals surface area contributed by atoms with E-state index in [-0.39, 0.29) is 4.90 Å². The first-order valence-electron chi connectivity index (χ1n) is 7.13. The van der Waals surface area contributed by atoms with Gasteiger partial charge in [0.15, 0.2) is 0 Å². The molecular weight excluding hydrogens is 392 g/mol. The van der Waals surface area contributed by atoms with Gasteiger partial charge in [-0.1, -0.05) is 28.1 Å². The van der Waals surface area contributed by atoms with Gasteiger partial charge in [0.1, 0.15) is 11.5 Å². The summed E-state index contributed by atoms with van der Waals surface area (Å²) in [5, 5.41) is 8.25. The van der Waals surface area contributed by atoms with Crippen LogP contribution in [-0.2, 0) is 16.6 Å². The van der Waals surface area contributed by atoms with Gasteiger partial charge in [-0.2, -0.15) is 0 Å². The van der Waals surface area contributed by atoms with E-state index in [0.29, 0.717) is 6.54 Å². The van der Waals surface area contributed by atoms with E-state index >= 15 is 0 Å². The SMILES string of the molecule is NS(=O)(=O)c1ccc(NCc2ccc(-c3ccc(Br)cc3)o2)cc1. The van der Waals surface area contributed by atoms with Crippen LogP contribution in [0, 0.1) is 0 Å². The highest BCUT2D eigenvalue weighted by atomic mass is 79.9. The van der Waals surface area contributed by atoms with Crippen LogP contribution in [0.5, 0.6) is 0 Å². The molecule has 0 spiro atoms. The molecule has 1 aromatic heterocycles.